The Kier molecular flexibility index (Phi) is 10.3. The van der Waals surface area contributed by atoms with E-state index in [1.165, 1.54) is 4.90 Å². The van der Waals surface area contributed by atoms with E-state index >= 15 is 0 Å². The summed E-state index contributed by atoms with van der Waals surface area (Å²) in [5, 5.41) is 13.0. The number of ether oxygens (including phenoxy) is 2. The first-order valence-corrected chi connectivity index (χ1v) is 15.3. The summed E-state index contributed by atoms with van der Waals surface area (Å²) in [4.78, 5) is 57.6. The number of fused-ring (bicyclic) bond motifs is 1. The average Bonchev–Trinajstić information content (AvgIpc) is 3.62. The van der Waals surface area contributed by atoms with Gasteiger partial charge in [-0.1, -0.05) is 38.3 Å². The molecule has 7 atom stereocenters. The van der Waals surface area contributed by atoms with Gasteiger partial charge in [0.1, 0.15) is 17.7 Å². The molecule has 3 saturated heterocycles. The lowest BCUT2D eigenvalue weighted by Gasteiger charge is -2.42. The van der Waals surface area contributed by atoms with Crippen LogP contribution in [0.15, 0.2) is 25.3 Å². The molecule has 228 valence electrons. The normalized spacial score (nSPS) is 30.4. The van der Waals surface area contributed by atoms with Gasteiger partial charge in [0.05, 0.1) is 37.1 Å². The predicted octanol–water partition coefficient (Wildman–Crippen LogP) is 2.49. The highest BCUT2D eigenvalue weighted by molar-refractivity contribution is 5.98. The van der Waals surface area contributed by atoms with Crippen LogP contribution >= 0.6 is 0 Å². The van der Waals surface area contributed by atoms with Gasteiger partial charge in [-0.3, -0.25) is 19.2 Å². The molecule has 2 bridgehead atoms. The van der Waals surface area contributed by atoms with Gasteiger partial charge in [0.25, 0.3) is 0 Å². The van der Waals surface area contributed by atoms with Gasteiger partial charge in [0, 0.05) is 19.0 Å². The molecule has 0 radical (unpaired) electrons. The smallest absolute Gasteiger partial charge is 0.312 e. The molecule has 1 aliphatic carbocycles. The summed E-state index contributed by atoms with van der Waals surface area (Å²) in [5.41, 5.74) is -1.15. The minimum Gasteiger partial charge on any atom is -0.460 e. The third-order valence-corrected chi connectivity index (χ3v) is 9.42. The van der Waals surface area contributed by atoms with Gasteiger partial charge in [0.2, 0.25) is 17.7 Å². The summed E-state index contributed by atoms with van der Waals surface area (Å²) < 4.78 is 12.3. The minimum atomic E-state index is -1.15. The number of rotatable bonds is 14. The van der Waals surface area contributed by atoms with E-state index in [4.69, 9.17) is 9.47 Å². The lowest BCUT2D eigenvalue weighted by molar-refractivity contribution is -0.160. The van der Waals surface area contributed by atoms with Gasteiger partial charge < -0.3 is 29.7 Å². The molecule has 3 aliphatic heterocycles. The van der Waals surface area contributed by atoms with Crippen molar-refractivity contribution in [3.05, 3.63) is 25.3 Å². The number of hydrogen-bond acceptors (Lipinski definition) is 7. The van der Waals surface area contributed by atoms with Crippen molar-refractivity contribution in [2.75, 3.05) is 19.7 Å². The number of aliphatic hydroxyl groups is 1. The molecule has 4 rings (SSSR count). The Hall–Kier alpha value is -2.72. The fourth-order valence-electron chi connectivity index (χ4n) is 7.45. The largest absolute Gasteiger partial charge is 0.460 e. The maximum Gasteiger partial charge on any atom is 0.312 e. The minimum absolute atomic E-state index is 0.0535. The van der Waals surface area contributed by atoms with Crippen LogP contribution in [0.3, 0.4) is 0 Å². The summed E-state index contributed by atoms with van der Waals surface area (Å²) in [6.07, 6.45) is 9.61. The SMILES string of the molecule is C=CCCC(=O)NC[C@H](C)OC(=O)[C@@H]1[C@H]2C(=O)N([C@@H](CC)CO)[C@H](C(=O)N(CC=C)C3CCCCC3)[C@]23CC[C@H]1O3. The number of likely N-dealkylation sites (tertiary alicyclic amines) is 1. The van der Waals surface area contributed by atoms with Crippen LogP contribution in [0.5, 0.6) is 0 Å². The van der Waals surface area contributed by atoms with E-state index in [0.29, 0.717) is 38.6 Å². The second-order valence-electron chi connectivity index (χ2n) is 12.0. The molecule has 2 N–H and O–H groups in total. The highest BCUT2D eigenvalue weighted by atomic mass is 16.6. The summed E-state index contributed by atoms with van der Waals surface area (Å²) >= 11 is 0. The van der Waals surface area contributed by atoms with E-state index in [1.54, 1.807) is 19.1 Å². The first-order chi connectivity index (χ1) is 19.7. The molecule has 3 heterocycles. The van der Waals surface area contributed by atoms with Crippen LogP contribution < -0.4 is 5.32 Å². The van der Waals surface area contributed by atoms with Crippen LogP contribution in [0, 0.1) is 11.8 Å². The highest BCUT2D eigenvalue weighted by Gasteiger charge is 2.75. The zero-order chi connectivity index (χ0) is 29.7. The zero-order valence-electron chi connectivity index (χ0n) is 24.6. The Balaban J connectivity index is 1.59. The van der Waals surface area contributed by atoms with Crippen LogP contribution in [0.2, 0.25) is 0 Å². The number of carbonyl (C=O) groups is 4. The Morgan fingerprint density at radius 2 is 1.95 bits per heavy atom. The van der Waals surface area contributed by atoms with E-state index in [9.17, 15) is 24.3 Å². The van der Waals surface area contributed by atoms with Gasteiger partial charge in [-0.25, -0.2) is 0 Å². The van der Waals surface area contributed by atoms with Crippen LogP contribution in [0.25, 0.3) is 0 Å². The summed E-state index contributed by atoms with van der Waals surface area (Å²) in [5.74, 6) is -2.95. The van der Waals surface area contributed by atoms with Gasteiger partial charge in [-0.15, -0.1) is 13.2 Å². The van der Waals surface area contributed by atoms with Crippen molar-refractivity contribution in [2.45, 2.75) is 114 Å². The highest BCUT2D eigenvalue weighted by Crippen LogP contribution is 2.59. The van der Waals surface area contributed by atoms with E-state index in [0.717, 1.165) is 32.1 Å². The van der Waals surface area contributed by atoms with Crippen LogP contribution in [0.1, 0.15) is 78.1 Å². The lowest BCUT2D eigenvalue weighted by atomic mass is 9.70. The number of nitrogens with zero attached hydrogens (tertiary/aromatic N) is 2. The quantitative estimate of drug-likeness (QED) is 0.242. The first-order valence-electron chi connectivity index (χ1n) is 15.3. The molecule has 1 spiro atoms. The van der Waals surface area contributed by atoms with Crippen LogP contribution in [0.4, 0.5) is 0 Å². The second-order valence-corrected chi connectivity index (χ2v) is 12.0. The molecule has 10 nitrogen and oxygen atoms in total. The Morgan fingerprint density at radius 1 is 1.22 bits per heavy atom. The molecule has 4 aliphatic rings. The van der Waals surface area contributed by atoms with Crippen LogP contribution in [-0.4, -0.2) is 94.2 Å². The van der Waals surface area contributed by atoms with Gasteiger partial charge in [-0.05, 0) is 45.4 Å². The molecule has 0 aromatic heterocycles. The number of amides is 3. The van der Waals surface area contributed by atoms with E-state index < -0.39 is 47.7 Å². The summed E-state index contributed by atoms with van der Waals surface area (Å²) in [6.45, 7) is 11.3. The first kappa shape index (κ1) is 31.2. The molecule has 4 fully saturated rings. The predicted molar refractivity (Wildman–Crippen MR) is 152 cm³/mol. The molecule has 41 heavy (non-hydrogen) atoms. The summed E-state index contributed by atoms with van der Waals surface area (Å²) in [6, 6.07) is -1.45. The fourth-order valence-corrected chi connectivity index (χ4v) is 7.45. The molecular formula is C31H47N3O7. The topological polar surface area (TPSA) is 125 Å². The third-order valence-electron chi connectivity index (χ3n) is 9.42. The van der Waals surface area contributed by atoms with Gasteiger partial charge in [0.15, 0.2) is 0 Å². The van der Waals surface area contributed by atoms with Gasteiger partial charge >= 0.3 is 5.97 Å². The molecule has 10 heteroatoms. The fraction of sp³-hybridized carbons (Fsp3) is 0.742. The zero-order valence-corrected chi connectivity index (χ0v) is 24.6. The standard InChI is InChI=1S/C31H47N3O7/c1-5-8-14-24(36)32-18-20(4)40-30(39)25-23-15-16-31(41-23)26(25)28(37)34(21(7-3)19-35)27(31)29(38)33(17-6-2)22-12-10-9-11-13-22/h5-6,20-23,25-27,35H,1-2,7-19H2,3-4H3,(H,32,36)/t20-,21-,23+,25-,26-,27+,31-/m0/s1. The van der Waals surface area contributed by atoms with Crippen molar-refractivity contribution in [3.63, 3.8) is 0 Å². The second kappa shape index (κ2) is 13.5. The van der Waals surface area contributed by atoms with E-state index in [1.807, 2.05) is 11.8 Å². The Labute approximate surface area is 243 Å². The molecule has 0 aromatic carbocycles. The molecule has 3 amide bonds. The monoisotopic (exact) mass is 573 g/mol. The molecular weight excluding hydrogens is 526 g/mol. The lowest BCUT2D eigenvalue weighted by Crippen LogP contribution is -2.60. The number of carbonyl (C=O) groups excluding carboxylic acids is 4. The molecule has 0 aromatic rings. The Bertz CT molecular complexity index is 1010. The van der Waals surface area contributed by atoms with Crippen molar-refractivity contribution in [3.8, 4) is 0 Å². The van der Waals surface area contributed by atoms with Crippen molar-refractivity contribution >= 4 is 23.7 Å². The van der Waals surface area contributed by atoms with E-state index in [-0.39, 0.29) is 36.9 Å². The number of hydrogen-bond donors (Lipinski definition) is 2. The Morgan fingerprint density at radius 3 is 2.59 bits per heavy atom. The van der Waals surface area contributed by atoms with Crippen molar-refractivity contribution in [1.82, 2.24) is 15.1 Å². The van der Waals surface area contributed by atoms with E-state index in [2.05, 4.69) is 18.5 Å². The van der Waals surface area contributed by atoms with Crippen molar-refractivity contribution < 1.29 is 33.8 Å². The average molecular weight is 574 g/mol. The molecule has 0 unspecified atom stereocenters. The van der Waals surface area contributed by atoms with Gasteiger partial charge in [-0.2, -0.15) is 0 Å². The van der Waals surface area contributed by atoms with Crippen molar-refractivity contribution in [2.24, 2.45) is 11.8 Å². The number of aliphatic hydroxyl groups excluding tert-OH is 1. The van der Waals surface area contributed by atoms with Crippen molar-refractivity contribution in [1.29, 1.82) is 0 Å². The number of esters is 1. The summed E-state index contributed by atoms with van der Waals surface area (Å²) in [7, 11) is 0. The number of allylic oxidation sites excluding steroid dienone is 1. The maximum atomic E-state index is 14.5. The maximum absolute atomic E-state index is 14.5. The molecule has 1 saturated carbocycles. The number of nitrogens with one attached hydrogen (secondary N) is 1. The van der Waals surface area contributed by atoms with Crippen LogP contribution in [-0.2, 0) is 28.7 Å². The third kappa shape index (κ3) is 5.95.